The van der Waals surface area contributed by atoms with Crippen LogP contribution in [0.2, 0.25) is 0 Å². The zero-order valence-electron chi connectivity index (χ0n) is 6.38. The van der Waals surface area contributed by atoms with Gasteiger partial charge in [0.25, 0.3) is 0 Å². The van der Waals surface area contributed by atoms with Gasteiger partial charge in [-0.3, -0.25) is 4.55 Å². The van der Waals surface area contributed by atoms with Crippen molar-refractivity contribution in [3.8, 4) is 0 Å². The quantitative estimate of drug-likeness (QED) is 0.703. The molecule has 13 heavy (non-hydrogen) atoms. The molecule has 2 heterocycles. The average Bonchev–Trinajstić information content (AvgIpc) is 2.45. The second-order valence-corrected chi connectivity index (χ2v) is 6.63. The van der Waals surface area contributed by atoms with E-state index < -0.39 is 10.1 Å². The van der Waals surface area contributed by atoms with Crippen LogP contribution in [0.3, 0.4) is 0 Å². The normalized spacial score (nSPS) is 26.7. The van der Waals surface area contributed by atoms with Gasteiger partial charge in [0.05, 0.1) is 4.58 Å². The molecule has 0 saturated carbocycles. The monoisotopic (exact) mass is 234 g/mol. The molecule has 1 unspecified atom stereocenters. The minimum atomic E-state index is -4.02. The van der Waals surface area contributed by atoms with E-state index in [0.717, 1.165) is 5.57 Å². The van der Waals surface area contributed by atoms with Gasteiger partial charge in [0.2, 0.25) is 0 Å². The van der Waals surface area contributed by atoms with Gasteiger partial charge in [-0.15, -0.1) is 11.8 Å². The number of thioether (sulfide) groups is 2. The average molecular weight is 234 g/mol. The van der Waals surface area contributed by atoms with Gasteiger partial charge in [-0.2, -0.15) is 8.42 Å². The second kappa shape index (κ2) is 3.20. The molecular formula is C7H6O3S3. The first-order valence-electron chi connectivity index (χ1n) is 3.45. The Hall–Kier alpha value is -0.170. The Morgan fingerprint density at radius 3 is 2.85 bits per heavy atom. The smallest absolute Gasteiger partial charge is 0.281 e. The van der Waals surface area contributed by atoms with E-state index in [2.05, 4.69) is 0 Å². The first-order chi connectivity index (χ1) is 6.07. The fourth-order valence-corrected chi connectivity index (χ4v) is 4.33. The van der Waals surface area contributed by atoms with Crippen LogP contribution in [0.1, 0.15) is 0 Å². The van der Waals surface area contributed by atoms with Crippen LogP contribution in [0.15, 0.2) is 33.4 Å². The molecule has 0 saturated heterocycles. The number of hydrogen-bond donors (Lipinski definition) is 1. The standard InChI is InChI=1S/C7H6O3S3/c8-13(9,10)6-4-5-2-1-3-11-7(5)12-6/h1-4,7H,(H,8,9,10). The second-order valence-electron chi connectivity index (χ2n) is 2.52. The first kappa shape index (κ1) is 9.39. The summed E-state index contributed by atoms with van der Waals surface area (Å²) < 4.78 is 30.5. The molecule has 0 spiro atoms. The zero-order chi connectivity index (χ0) is 9.47. The van der Waals surface area contributed by atoms with Gasteiger partial charge >= 0.3 is 10.1 Å². The van der Waals surface area contributed by atoms with Gasteiger partial charge in [0, 0.05) is 0 Å². The summed E-state index contributed by atoms with van der Waals surface area (Å²) in [6.07, 6.45) is 5.23. The highest BCUT2D eigenvalue weighted by atomic mass is 32.3. The van der Waals surface area contributed by atoms with Crippen molar-refractivity contribution in [3.63, 3.8) is 0 Å². The van der Waals surface area contributed by atoms with Gasteiger partial charge in [0.1, 0.15) is 4.24 Å². The van der Waals surface area contributed by atoms with Crippen molar-refractivity contribution in [2.75, 3.05) is 0 Å². The zero-order valence-corrected chi connectivity index (χ0v) is 8.82. The topological polar surface area (TPSA) is 54.4 Å². The lowest BCUT2D eigenvalue weighted by molar-refractivity contribution is 0.493. The number of hydrogen-bond acceptors (Lipinski definition) is 4. The van der Waals surface area contributed by atoms with Gasteiger partial charge in [-0.05, 0) is 17.1 Å². The summed E-state index contributed by atoms with van der Waals surface area (Å²) in [5.74, 6) is 0. The van der Waals surface area contributed by atoms with Crippen molar-refractivity contribution < 1.29 is 13.0 Å². The molecule has 1 N–H and O–H groups in total. The molecule has 0 aliphatic carbocycles. The lowest BCUT2D eigenvalue weighted by Crippen LogP contribution is -1.98. The maximum absolute atomic E-state index is 10.8. The van der Waals surface area contributed by atoms with Gasteiger partial charge in [-0.1, -0.05) is 23.9 Å². The highest BCUT2D eigenvalue weighted by Gasteiger charge is 2.29. The van der Waals surface area contributed by atoms with Crippen molar-refractivity contribution in [3.05, 3.63) is 33.4 Å². The summed E-state index contributed by atoms with van der Waals surface area (Å²) in [7, 11) is -4.02. The van der Waals surface area contributed by atoms with Gasteiger partial charge in [0.15, 0.2) is 0 Å². The first-order valence-corrected chi connectivity index (χ1v) is 6.72. The fraction of sp³-hybridized carbons (Fsp3) is 0.143. The Kier molecular flexibility index (Phi) is 2.31. The van der Waals surface area contributed by atoms with Crippen LogP contribution < -0.4 is 0 Å². The van der Waals surface area contributed by atoms with Crippen LogP contribution in [0, 0.1) is 0 Å². The molecule has 0 amide bonds. The molecule has 0 bridgehead atoms. The molecule has 0 aromatic carbocycles. The van der Waals surface area contributed by atoms with E-state index in [9.17, 15) is 8.42 Å². The van der Waals surface area contributed by atoms with Crippen molar-refractivity contribution in [1.29, 1.82) is 0 Å². The molecule has 1 atom stereocenters. The molecule has 70 valence electrons. The third kappa shape index (κ3) is 1.85. The predicted octanol–water partition coefficient (Wildman–Crippen LogP) is 1.98. The molecule has 0 radical (unpaired) electrons. The molecular weight excluding hydrogens is 228 g/mol. The highest BCUT2D eigenvalue weighted by Crippen LogP contribution is 2.46. The number of rotatable bonds is 1. The summed E-state index contributed by atoms with van der Waals surface area (Å²) in [5, 5.41) is 1.90. The lowest BCUT2D eigenvalue weighted by atomic mass is 10.3. The summed E-state index contributed by atoms with van der Waals surface area (Å²) in [6.45, 7) is 0. The highest BCUT2D eigenvalue weighted by molar-refractivity contribution is 8.26. The summed E-state index contributed by atoms with van der Waals surface area (Å²) in [5.41, 5.74) is 0.935. The van der Waals surface area contributed by atoms with Crippen LogP contribution in [0.5, 0.6) is 0 Å². The van der Waals surface area contributed by atoms with E-state index in [1.165, 1.54) is 17.8 Å². The lowest BCUT2D eigenvalue weighted by Gasteiger charge is -2.10. The molecule has 0 aromatic heterocycles. The SMILES string of the molecule is O=S(=O)(O)C1=CC2=CC=CSC2S1. The van der Waals surface area contributed by atoms with E-state index in [1.807, 2.05) is 17.6 Å². The Morgan fingerprint density at radius 1 is 1.46 bits per heavy atom. The Bertz CT molecular complexity index is 416. The van der Waals surface area contributed by atoms with Crippen LogP contribution in [-0.2, 0) is 10.1 Å². The molecule has 3 nitrogen and oxygen atoms in total. The fourth-order valence-electron chi connectivity index (χ4n) is 1.05. The maximum Gasteiger partial charge on any atom is 0.300 e. The van der Waals surface area contributed by atoms with Crippen LogP contribution in [-0.4, -0.2) is 17.6 Å². The van der Waals surface area contributed by atoms with Crippen LogP contribution in [0.4, 0.5) is 0 Å². The molecule has 0 aromatic rings. The maximum atomic E-state index is 10.8. The molecule has 2 rings (SSSR count). The van der Waals surface area contributed by atoms with E-state index in [4.69, 9.17) is 4.55 Å². The summed E-state index contributed by atoms with van der Waals surface area (Å²) in [4.78, 5) is 0. The number of allylic oxidation sites excluding steroid dienone is 3. The van der Waals surface area contributed by atoms with Crippen LogP contribution >= 0.6 is 23.5 Å². The van der Waals surface area contributed by atoms with Crippen molar-refractivity contribution in [2.24, 2.45) is 0 Å². The van der Waals surface area contributed by atoms with E-state index in [1.54, 1.807) is 11.8 Å². The van der Waals surface area contributed by atoms with Crippen molar-refractivity contribution in [2.45, 2.75) is 4.58 Å². The summed E-state index contributed by atoms with van der Waals surface area (Å²) >= 11 is 2.71. The molecule has 0 fully saturated rings. The predicted molar refractivity (Wildman–Crippen MR) is 55.8 cm³/mol. The van der Waals surface area contributed by atoms with Gasteiger partial charge in [-0.25, -0.2) is 0 Å². The molecule has 2 aliphatic rings. The minimum absolute atomic E-state index is 0.0416. The van der Waals surface area contributed by atoms with E-state index >= 15 is 0 Å². The van der Waals surface area contributed by atoms with Gasteiger partial charge < -0.3 is 0 Å². The third-order valence-corrected chi connectivity index (χ3v) is 5.44. The molecule has 2 aliphatic heterocycles. The Labute approximate surface area is 84.7 Å². The Balaban J connectivity index is 2.36. The molecule has 6 heteroatoms. The minimum Gasteiger partial charge on any atom is -0.281 e. The van der Waals surface area contributed by atoms with E-state index in [0.29, 0.717) is 0 Å². The van der Waals surface area contributed by atoms with Crippen LogP contribution in [0.25, 0.3) is 0 Å². The van der Waals surface area contributed by atoms with Crippen molar-refractivity contribution >= 4 is 33.6 Å². The summed E-state index contributed by atoms with van der Waals surface area (Å²) in [6, 6.07) is 0. The third-order valence-electron chi connectivity index (χ3n) is 1.60. The largest absolute Gasteiger partial charge is 0.300 e. The number of fused-ring (bicyclic) bond motifs is 1. The Morgan fingerprint density at radius 2 is 2.23 bits per heavy atom. The van der Waals surface area contributed by atoms with Crippen molar-refractivity contribution in [1.82, 2.24) is 0 Å². The van der Waals surface area contributed by atoms with E-state index in [-0.39, 0.29) is 8.82 Å².